The Labute approximate surface area is 129 Å². The Morgan fingerprint density at radius 3 is 2.86 bits per heavy atom. The third-order valence-corrected chi connectivity index (χ3v) is 4.58. The van der Waals surface area contributed by atoms with Crippen LogP contribution < -0.4 is 16.0 Å². The van der Waals surface area contributed by atoms with Crippen molar-refractivity contribution < 1.29 is 9.53 Å². The van der Waals surface area contributed by atoms with E-state index in [1.54, 1.807) is 0 Å². The number of morpholine rings is 1. The molecular weight excluding hydrogens is 288 g/mol. The maximum atomic E-state index is 12.1. The van der Waals surface area contributed by atoms with E-state index in [2.05, 4.69) is 22.1 Å². The highest BCUT2D eigenvalue weighted by molar-refractivity contribution is 7.18. The number of aromatic nitrogens is 1. The summed E-state index contributed by atoms with van der Waals surface area (Å²) in [6, 6.07) is 0. The van der Waals surface area contributed by atoms with Crippen molar-refractivity contribution in [3.8, 4) is 0 Å². The maximum Gasteiger partial charge on any atom is 0.265 e. The summed E-state index contributed by atoms with van der Waals surface area (Å²) < 4.78 is 5.32. The Bertz CT molecular complexity index is 458. The Morgan fingerprint density at radius 2 is 2.14 bits per heavy atom. The van der Waals surface area contributed by atoms with Gasteiger partial charge in [-0.25, -0.2) is 4.98 Å². The molecule has 1 fully saturated rings. The minimum Gasteiger partial charge on any atom is -0.382 e. The van der Waals surface area contributed by atoms with Crippen LogP contribution in [0.2, 0.25) is 0 Å². The third-order valence-electron chi connectivity index (χ3n) is 3.45. The molecule has 2 rings (SSSR count). The minimum absolute atomic E-state index is 0.110. The number of anilines is 2. The predicted octanol–water partition coefficient (Wildman–Crippen LogP) is 1.87. The minimum atomic E-state index is -0.110. The molecule has 0 bridgehead atoms. The molecule has 0 radical (unpaired) electrons. The lowest BCUT2D eigenvalue weighted by atomic mass is 10.2. The fourth-order valence-electron chi connectivity index (χ4n) is 2.21. The zero-order valence-corrected chi connectivity index (χ0v) is 13.4. The highest BCUT2D eigenvalue weighted by Gasteiger charge is 2.20. The zero-order valence-electron chi connectivity index (χ0n) is 12.6. The molecule has 0 aliphatic carbocycles. The Balaban J connectivity index is 1.87. The number of rotatable bonds is 7. The van der Waals surface area contributed by atoms with Crippen molar-refractivity contribution in [1.29, 1.82) is 0 Å². The number of nitrogens with two attached hydrogens (primary N) is 1. The summed E-state index contributed by atoms with van der Waals surface area (Å²) in [4.78, 5) is 19.1. The molecule has 1 saturated heterocycles. The van der Waals surface area contributed by atoms with Crippen LogP contribution in [0.3, 0.4) is 0 Å². The van der Waals surface area contributed by atoms with Crippen molar-refractivity contribution in [2.24, 2.45) is 0 Å². The first-order chi connectivity index (χ1) is 10.2. The van der Waals surface area contributed by atoms with E-state index in [4.69, 9.17) is 10.5 Å². The molecule has 0 aromatic carbocycles. The molecule has 1 aliphatic heterocycles. The van der Waals surface area contributed by atoms with Gasteiger partial charge in [0.2, 0.25) is 0 Å². The fraction of sp³-hybridized carbons (Fsp3) is 0.714. The number of amides is 1. The zero-order chi connectivity index (χ0) is 15.1. The molecule has 118 valence electrons. The second kappa shape index (κ2) is 8.19. The summed E-state index contributed by atoms with van der Waals surface area (Å²) in [6.45, 7) is 5.85. The van der Waals surface area contributed by atoms with Gasteiger partial charge < -0.3 is 20.7 Å². The number of thiazole rings is 1. The van der Waals surface area contributed by atoms with E-state index < -0.39 is 0 Å². The number of ether oxygens (including phenoxy) is 1. The molecule has 0 unspecified atom stereocenters. The van der Waals surface area contributed by atoms with Crippen molar-refractivity contribution in [3.05, 3.63) is 4.88 Å². The number of carbonyl (C=O) groups excluding carboxylic acids is 1. The number of hydrogen-bond acceptors (Lipinski definition) is 6. The van der Waals surface area contributed by atoms with Crippen LogP contribution in [0.5, 0.6) is 0 Å². The fourth-order valence-corrected chi connectivity index (χ4v) is 3.16. The molecule has 1 aromatic heterocycles. The van der Waals surface area contributed by atoms with Crippen LogP contribution in [-0.2, 0) is 4.74 Å². The van der Waals surface area contributed by atoms with E-state index >= 15 is 0 Å². The lowest BCUT2D eigenvalue weighted by molar-refractivity contribution is 0.0957. The van der Waals surface area contributed by atoms with Crippen LogP contribution in [0.4, 0.5) is 10.9 Å². The SMILES string of the molecule is CCCCCCNC(=O)c1sc(N2CCOCC2)nc1N. The normalized spacial score (nSPS) is 15.2. The summed E-state index contributed by atoms with van der Waals surface area (Å²) in [7, 11) is 0. The number of nitrogen functional groups attached to an aromatic ring is 1. The van der Waals surface area contributed by atoms with Crippen LogP contribution in [0, 0.1) is 0 Å². The van der Waals surface area contributed by atoms with E-state index in [-0.39, 0.29) is 5.91 Å². The van der Waals surface area contributed by atoms with Gasteiger partial charge in [0.1, 0.15) is 10.7 Å². The van der Waals surface area contributed by atoms with E-state index in [0.717, 1.165) is 31.1 Å². The van der Waals surface area contributed by atoms with Crippen molar-refractivity contribution in [3.63, 3.8) is 0 Å². The van der Waals surface area contributed by atoms with Crippen molar-refractivity contribution >= 4 is 28.2 Å². The smallest absolute Gasteiger partial charge is 0.265 e. The summed E-state index contributed by atoms with van der Waals surface area (Å²) >= 11 is 1.36. The molecule has 0 spiro atoms. The van der Waals surface area contributed by atoms with Gasteiger partial charge in [0.25, 0.3) is 5.91 Å². The Kier molecular flexibility index (Phi) is 6.25. The van der Waals surface area contributed by atoms with E-state index in [0.29, 0.717) is 30.5 Å². The monoisotopic (exact) mass is 312 g/mol. The molecule has 1 aliphatic rings. The number of nitrogens with one attached hydrogen (secondary N) is 1. The summed E-state index contributed by atoms with van der Waals surface area (Å²) in [5.74, 6) is 0.216. The first-order valence-electron chi connectivity index (χ1n) is 7.59. The summed E-state index contributed by atoms with van der Waals surface area (Å²) in [5, 5.41) is 3.74. The first kappa shape index (κ1) is 16.0. The molecule has 21 heavy (non-hydrogen) atoms. The van der Waals surface area contributed by atoms with E-state index in [1.807, 2.05) is 0 Å². The molecule has 1 amide bonds. The van der Waals surface area contributed by atoms with E-state index in [9.17, 15) is 4.79 Å². The van der Waals surface area contributed by atoms with Crippen molar-refractivity contribution in [1.82, 2.24) is 10.3 Å². The van der Waals surface area contributed by atoms with Gasteiger partial charge in [-0.1, -0.05) is 37.5 Å². The van der Waals surface area contributed by atoms with Crippen LogP contribution >= 0.6 is 11.3 Å². The highest BCUT2D eigenvalue weighted by atomic mass is 32.1. The topological polar surface area (TPSA) is 80.5 Å². The average Bonchev–Trinajstić information content (AvgIpc) is 2.90. The highest BCUT2D eigenvalue weighted by Crippen LogP contribution is 2.28. The molecule has 6 nitrogen and oxygen atoms in total. The van der Waals surface area contributed by atoms with Crippen molar-refractivity contribution in [2.45, 2.75) is 32.6 Å². The second-order valence-corrected chi connectivity index (χ2v) is 6.10. The van der Waals surface area contributed by atoms with Gasteiger partial charge in [0.15, 0.2) is 5.13 Å². The van der Waals surface area contributed by atoms with Gasteiger partial charge in [-0.05, 0) is 6.42 Å². The lowest BCUT2D eigenvalue weighted by Crippen LogP contribution is -2.36. The first-order valence-corrected chi connectivity index (χ1v) is 8.41. The maximum absolute atomic E-state index is 12.1. The summed E-state index contributed by atoms with van der Waals surface area (Å²) in [6.07, 6.45) is 4.56. The Morgan fingerprint density at radius 1 is 1.38 bits per heavy atom. The number of hydrogen-bond donors (Lipinski definition) is 2. The van der Waals surface area contributed by atoms with Crippen LogP contribution in [0.15, 0.2) is 0 Å². The van der Waals surface area contributed by atoms with Gasteiger partial charge >= 0.3 is 0 Å². The van der Waals surface area contributed by atoms with Gasteiger partial charge in [-0.2, -0.15) is 0 Å². The molecule has 0 saturated carbocycles. The van der Waals surface area contributed by atoms with Gasteiger partial charge in [0.05, 0.1) is 13.2 Å². The molecular formula is C14H24N4O2S. The van der Waals surface area contributed by atoms with Gasteiger partial charge in [-0.15, -0.1) is 0 Å². The standard InChI is InChI=1S/C14H24N4O2S/c1-2-3-4-5-6-16-13(19)11-12(15)17-14(21-11)18-7-9-20-10-8-18/h2-10,15H2,1H3,(H,16,19). The molecule has 1 aromatic rings. The molecule has 7 heteroatoms. The quantitative estimate of drug-likeness (QED) is 0.751. The number of carbonyl (C=O) groups is 1. The van der Waals surface area contributed by atoms with Crippen LogP contribution in [0.1, 0.15) is 42.3 Å². The van der Waals surface area contributed by atoms with E-state index in [1.165, 1.54) is 24.2 Å². The molecule has 0 atom stereocenters. The predicted molar refractivity (Wildman–Crippen MR) is 86.0 cm³/mol. The van der Waals surface area contributed by atoms with Gasteiger partial charge in [-0.3, -0.25) is 4.79 Å². The van der Waals surface area contributed by atoms with Crippen molar-refractivity contribution in [2.75, 3.05) is 43.5 Å². The second-order valence-electron chi connectivity index (χ2n) is 5.13. The van der Waals surface area contributed by atoms with Crippen LogP contribution in [-0.4, -0.2) is 43.7 Å². The summed E-state index contributed by atoms with van der Waals surface area (Å²) in [5.41, 5.74) is 5.88. The van der Waals surface area contributed by atoms with Crippen LogP contribution in [0.25, 0.3) is 0 Å². The number of unbranched alkanes of at least 4 members (excludes halogenated alkanes) is 3. The molecule has 2 heterocycles. The van der Waals surface area contributed by atoms with Gasteiger partial charge in [0, 0.05) is 19.6 Å². The largest absolute Gasteiger partial charge is 0.382 e. The lowest BCUT2D eigenvalue weighted by Gasteiger charge is -2.25. The Hall–Kier alpha value is -1.34. The third kappa shape index (κ3) is 4.57. The average molecular weight is 312 g/mol. The number of nitrogens with zero attached hydrogens (tertiary/aromatic N) is 2. The molecule has 3 N–H and O–H groups in total.